The molecule has 0 fully saturated rings. The molecule has 0 saturated carbocycles. The van der Waals surface area contributed by atoms with E-state index in [4.69, 9.17) is 0 Å². The quantitative estimate of drug-likeness (QED) is 0.615. The van der Waals surface area contributed by atoms with Gasteiger partial charge in [-0.2, -0.15) is 21.6 Å². The lowest BCUT2D eigenvalue weighted by molar-refractivity contribution is -0.0541. The molecule has 0 radical (unpaired) electrons. The maximum atomic E-state index is 11.8. The normalized spacial score (nSPS) is 13.0. The van der Waals surface area contributed by atoms with Gasteiger partial charge in [-0.25, -0.2) is 0 Å². The average molecular weight is 260 g/mol. The number of thiophene rings is 1. The summed E-state index contributed by atoms with van der Waals surface area (Å²) < 4.78 is 60.1. The largest absolute Gasteiger partial charge is 0.523 e. The Kier molecular flexibility index (Phi) is 3.74. The summed E-state index contributed by atoms with van der Waals surface area (Å²) in [6.45, 7) is -0.498. The predicted molar refractivity (Wildman–Crippen MR) is 48.9 cm³/mol. The monoisotopic (exact) mass is 260 g/mol. The molecule has 86 valence electrons. The van der Waals surface area contributed by atoms with E-state index in [-0.39, 0.29) is 6.42 Å². The molecule has 0 aromatic carbocycles. The second kappa shape index (κ2) is 4.50. The summed E-state index contributed by atoms with van der Waals surface area (Å²) in [6, 6.07) is 3.41. The molecule has 15 heavy (non-hydrogen) atoms. The van der Waals surface area contributed by atoms with Gasteiger partial charge in [0.25, 0.3) is 0 Å². The van der Waals surface area contributed by atoms with Crippen LogP contribution >= 0.6 is 11.3 Å². The Bertz CT molecular complexity index is 394. The fourth-order valence-electron chi connectivity index (χ4n) is 0.774. The van der Waals surface area contributed by atoms with Crippen LogP contribution in [-0.2, 0) is 20.7 Å². The predicted octanol–water partition coefficient (Wildman–Crippen LogP) is 2.16. The highest BCUT2D eigenvalue weighted by atomic mass is 32.2. The summed E-state index contributed by atoms with van der Waals surface area (Å²) in [5.74, 6) is 0. The first-order valence-electron chi connectivity index (χ1n) is 3.81. The van der Waals surface area contributed by atoms with Crippen LogP contribution in [0.5, 0.6) is 0 Å². The Labute approximate surface area is 88.6 Å². The Balaban J connectivity index is 2.45. The minimum atomic E-state index is -5.45. The molecule has 1 aromatic rings. The van der Waals surface area contributed by atoms with Crippen LogP contribution in [0.1, 0.15) is 4.88 Å². The Morgan fingerprint density at radius 1 is 1.40 bits per heavy atom. The Morgan fingerprint density at radius 3 is 2.53 bits per heavy atom. The topological polar surface area (TPSA) is 43.4 Å². The van der Waals surface area contributed by atoms with Crippen molar-refractivity contribution >= 4 is 21.5 Å². The highest BCUT2D eigenvalue weighted by molar-refractivity contribution is 7.87. The highest BCUT2D eigenvalue weighted by Gasteiger charge is 2.47. The van der Waals surface area contributed by atoms with Crippen molar-refractivity contribution in [3.05, 3.63) is 22.4 Å². The maximum Gasteiger partial charge on any atom is 0.523 e. The van der Waals surface area contributed by atoms with Gasteiger partial charge in [0, 0.05) is 11.3 Å². The van der Waals surface area contributed by atoms with E-state index in [0.29, 0.717) is 0 Å². The number of hydrogen-bond acceptors (Lipinski definition) is 4. The minimum Gasteiger partial charge on any atom is -0.263 e. The van der Waals surface area contributed by atoms with Gasteiger partial charge < -0.3 is 0 Å². The third-order valence-corrected chi connectivity index (χ3v) is 3.43. The molecule has 0 spiro atoms. The van der Waals surface area contributed by atoms with Crippen molar-refractivity contribution in [2.75, 3.05) is 6.61 Å². The van der Waals surface area contributed by atoms with Crippen LogP contribution in [-0.4, -0.2) is 20.5 Å². The van der Waals surface area contributed by atoms with Crippen LogP contribution in [0, 0.1) is 0 Å². The van der Waals surface area contributed by atoms with Crippen molar-refractivity contribution in [3.63, 3.8) is 0 Å². The summed E-state index contributed by atoms with van der Waals surface area (Å²) in [5, 5.41) is 1.74. The highest BCUT2D eigenvalue weighted by Crippen LogP contribution is 2.24. The van der Waals surface area contributed by atoms with Gasteiger partial charge in [-0.15, -0.1) is 11.3 Å². The van der Waals surface area contributed by atoms with Gasteiger partial charge in [0.1, 0.15) is 0 Å². The van der Waals surface area contributed by atoms with Crippen molar-refractivity contribution in [1.29, 1.82) is 0 Å². The van der Waals surface area contributed by atoms with Crippen LogP contribution < -0.4 is 0 Å². The van der Waals surface area contributed by atoms with Crippen molar-refractivity contribution in [1.82, 2.24) is 0 Å². The molecule has 1 aromatic heterocycles. The lowest BCUT2D eigenvalue weighted by atomic mass is 10.4. The van der Waals surface area contributed by atoms with Crippen molar-refractivity contribution in [2.24, 2.45) is 0 Å². The molecule has 0 atom stereocenters. The van der Waals surface area contributed by atoms with E-state index in [0.717, 1.165) is 4.88 Å². The summed E-state index contributed by atoms with van der Waals surface area (Å²) in [6.07, 6.45) is 0.146. The Hall–Kier alpha value is -0.600. The van der Waals surface area contributed by atoms with Gasteiger partial charge in [0.2, 0.25) is 0 Å². The number of hydrogen-bond donors (Lipinski definition) is 0. The third kappa shape index (κ3) is 3.47. The van der Waals surface area contributed by atoms with Crippen molar-refractivity contribution in [2.45, 2.75) is 11.9 Å². The molecule has 8 heteroatoms. The van der Waals surface area contributed by atoms with E-state index in [1.807, 2.05) is 0 Å². The first-order chi connectivity index (χ1) is 6.83. The molecule has 0 aliphatic heterocycles. The van der Waals surface area contributed by atoms with Crippen LogP contribution in [0.2, 0.25) is 0 Å². The first kappa shape index (κ1) is 12.5. The molecule has 0 aliphatic carbocycles. The SMILES string of the molecule is O=S(=O)(OCCc1cccs1)C(F)(F)F. The summed E-state index contributed by atoms with van der Waals surface area (Å²) in [5.41, 5.74) is -5.34. The lowest BCUT2D eigenvalue weighted by Crippen LogP contribution is -2.26. The summed E-state index contributed by atoms with van der Waals surface area (Å²) >= 11 is 1.32. The van der Waals surface area contributed by atoms with Gasteiger partial charge in [0.05, 0.1) is 6.61 Å². The van der Waals surface area contributed by atoms with E-state index >= 15 is 0 Å². The average Bonchev–Trinajstić information content (AvgIpc) is 2.54. The van der Waals surface area contributed by atoms with Gasteiger partial charge in [-0.1, -0.05) is 6.07 Å². The van der Waals surface area contributed by atoms with E-state index in [2.05, 4.69) is 4.18 Å². The smallest absolute Gasteiger partial charge is 0.263 e. The molecule has 3 nitrogen and oxygen atoms in total. The number of alkyl halides is 3. The molecule has 0 saturated heterocycles. The van der Waals surface area contributed by atoms with Crippen molar-refractivity contribution < 1.29 is 25.8 Å². The molecular weight excluding hydrogens is 253 g/mol. The molecule has 0 unspecified atom stereocenters. The van der Waals surface area contributed by atoms with Crippen LogP contribution in [0.15, 0.2) is 17.5 Å². The van der Waals surface area contributed by atoms with Gasteiger partial charge in [-0.3, -0.25) is 4.18 Å². The number of halogens is 3. The third-order valence-electron chi connectivity index (χ3n) is 1.45. The van der Waals surface area contributed by atoms with E-state index in [1.54, 1.807) is 17.5 Å². The second-order valence-corrected chi connectivity index (χ2v) is 5.19. The molecule has 0 bridgehead atoms. The van der Waals surface area contributed by atoms with Gasteiger partial charge in [0.15, 0.2) is 0 Å². The zero-order valence-corrected chi connectivity index (χ0v) is 8.95. The van der Waals surface area contributed by atoms with Crippen LogP contribution in [0.3, 0.4) is 0 Å². The zero-order valence-electron chi connectivity index (χ0n) is 7.32. The lowest BCUT2D eigenvalue weighted by Gasteiger charge is -2.07. The molecular formula is C7H7F3O3S2. The number of rotatable bonds is 4. The van der Waals surface area contributed by atoms with Crippen LogP contribution in [0.4, 0.5) is 13.2 Å². The second-order valence-electron chi connectivity index (χ2n) is 2.55. The zero-order chi connectivity index (χ0) is 11.5. The fraction of sp³-hybridized carbons (Fsp3) is 0.429. The maximum absolute atomic E-state index is 11.8. The molecule has 1 heterocycles. The Morgan fingerprint density at radius 2 is 2.07 bits per heavy atom. The summed E-state index contributed by atoms with van der Waals surface area (Å²) in [4.78, 5) is 0.771. The molecule has 1 rings (SSSR count). The van der Waals surface area contributed by atoms with E-state index in [9.17, 15) is 21.6 Å². The van der Waals surface area contributed by atoms with E-state index < -0.39 is 22.2 Å². The van der Waals surface area contributed by atoms with E-state index in [1.165, 1.54) is 11.3 Å². The minimum absolute atomic E-state index is 0.146. The van der Waals surface area contributed by atoms with Crippen molar-refractivity contribution in [3.8, 4) is 0 Å². The molecule has 0 aliphatic rings. The summed E-state index contributed by atoms with van der Waals surface area (Å²) in [7, 11) is -5.45. The standard InChI is InChI=1S/C7H7F3O3S2/c8-7(9,10)15(11,12)13-4-3-6-2-1-5-14-6/h1-2,5H,3-4H2. The fourth-order valence-corrected chi connectivity index (χ4v) is 1.90. The first-order valence-corrected chi connectivity index (χ1v) is 6.10. The van der Waals surface area contributed by atoms with Crippen LogP contribution in [0.25, 0.3) is 0 Å². The van der Waals surface area contributed by atoms with Gasteiger partial charge in [-0.05, 0) is 11.4 Å². The molecule has 0 amide bonds. The molecule has 0 N–H and O–H groups in total. The van der Waals surface area contributed by atoms with Gasteiger partial charge >= 0.3 is 15.6 Å².